The molecule has 2 saturated heterocycles. The van der Waals surface area contributed by atoms with Crippen LogP contribution in [-0.2, 0) is 6.54 Å². The lowest BCUT2D eigenvalue weighted by molar-refractivity contribution is 0.0937. The van der Waals surface area contributed by atoms with Gasteiger partial charge in [-0.05, 0) is 67.3 Å². The zero-order valence-electron chi connectivity index (χ0n) is 20.3. The third kappa shape index (κ3) is 5.76. The van der Waals surface area contributed by atoms with Crippen molar-refractivity contribution < 1.29 is 14.6 Å². The number of aryl methyl sites for hydroxylation is 1. The number of carbonyl (C=O) groups is 1. The number of aliphatic hydroxyl groups is 1. The predicted octanol–water partition coefficient (Wildman–Crippen LogP) is 4.13. The second-order valence-corrected chi connectivity index (χ2v) is 10.8. The molecule has 0 bridgehead atoms. The Bertz CT molecular complexity index is 1190. The molecule has 35 heavy (non-hydrogen) atoms. The molecule has 7 heteroatoms. The van der Waals surface area contributed by atoms with Crippen molar-refractivity contribution in [2.45, 2.75) is 45.1 Å². The summed E-state index contributed by atoms with van der Waals surface area (Å²) in [5, 5.41) is 16.1. The molecule has 0 radical (unpaired) electrons. The van der Waals surface area contributed by atoms with Gasteiger partial charge < -0.3 is 20.5 Å². The molecule has 6 nitrogen and oxygen atoms in total. The molecule has 1 aromatic heterocycles. The van der Waals surface area contributed by atoms with Crippen molar-refractivity contribution in [1.29, 1.82) is 0 Å². The van der Waals surface area contributed by atoms with E-state index in [1.54, 1.807) is 11.3 Å². The van der Waals surface area contributed by atoms with Crippen LogP contribution in [0.5, 0.6) is 5.75 Å². The number of nitrogens with one attached hydrogen (secondary N) is 2. The van der Waals surface area contributed by atoms with Gasteiger partial charge in [0.1, 0.15) is 11.9 Å². The largest absolute Gasteiger partial charge is 0.488 e. The predicted molar refractivity (Wildman–Crippen MR) is 140 cm³/mol. The number of nitrogens with zero attached hydrogens (tertiary/aromatic N) is 1. The normalized spacial score (nSPS) is 19.3. The fraction of sp³-hybridized carbons (Fsp3) is 0.393. The maximum absolute atomic E-state index is 13.1. The number of hydrogen-bond acceptors (Lipinski definition) is 6. The number of thiophene rings is 1. The minimum atomic E-state index is -0.193. The van der Waals surface area contributed by atoms with E-state index in [4.69, 9.17) is 4.74 Å². The van der Waals surface area contributed by atoms with Gasteiger partial charge >= 0.3 is 0 Å². The molecule has 3 aromatic rings. The van der Waals surface area contributed by atoms with Crippen molar-refractivity contribution in [3.63, 3.8) is 0 Å². The molecular formula is C28H33N3O3S. The number of hydrogen-bond donors (Lipinski definition) is 3. The summed E-state index contributed by atoms with van der Waals surface area (Å²) in [6, 6.07) is 18.3. The molecule has 0 saturated carbocycles. The first-order chi connectivity index (χ1) is 16.9. The quantitative estimate of drug-likeness (QED) is 0.442. The maximum Gasteiger partial charge on any atom is 0.252 e. The number of aliphatic hydroxyl groups excluding tert-OH is 1. The smallest absolute Gasteiger partial charge is 0.252 e. The highest BCUT2D eigenvalue weighted by Crippen LogP contribution is 2.31. The van der Waals surface area contributed by atoms with Gasteiger partial charge in [-0.2, -0.15) is 0 Å². The SMILES string of the molecule is Cc1ccc(OC2CNC2)cc1C(=O)N[C@H](C)c1cccc(-c2ccc(CN3CC[C@@H](O)C3)s2)c1. The van der Waals surface area contributed by atoms with Crippen LogP contribution in [0, 0.1) is 6.92 Å². The summed E-state index contributed by atoms with van der Waals surface area (Å²) < 4.78 is 5.94. The Labute approximate surface area is 210 Å². The number of rotatable bonds is 8. The Morgan fingerprint density at radius 2 is 2.09 bits per heavy atom. The second-order valence-electron chi connectivity index (χ2n) is 9.64. The van der Waals surface area contributed by atoms with Gasteiger partial charge in [0, 0.05) is 48.0 Å². The van der Waals surface area contributed by atoms with Gasteiger partial charge in [0.05, 0.1) is 12.1 Å². The monoisotopic (exact) mass is 491 g/mol. The summed E-state index contributed by atoms with van der Waals surface area (Å²) in [6.07, 6.45) is 0.843. The third-order valence-electron chi connectivity index (χ3n) is 6.81. The van der Waals surface area contributed by atoms with Crippen LogP contribution in [0.2, 0.25) is 0 Å². The zero-order chi connectivity index (χ0) is 24.4. The van der Waals surface area contributed by atoms with E-state index in [0.29, 0.717) is 5.56 Å². The Morgan fingerprint density at radius 3 is 2.83 bits per heavy atom. The molecule has 2 aliphatic heterocycles. The number of carbonyl (C=O) groups excluding carboxylic acids is 1. The average Bonchev–Trinajstić information content (AvgIpc) is 3.46. The van der Waals surface area contributed by atoms with E-state index in [1.165, 1.54) is 9.75 Å². The fourth-order valence-electron chi connectivity index (χ4n) is 4.57. The fourth-order valence-corrected chi connectivity index (χ4v) is 5.62. The molecule has 184 valence electrons. The lowest BCUT2D eigenvalue weighted by atomic mass is 10.0. The van der Waals surface area contributed by atoms with E-state index in [9.17, 15) is 9.90 Å². The number of likely N-dealkylation sites (tertiary alicyclic amines) is 1. The Morgan fingerprint density at radius 1 is 1.23 bits per heavy atom. The summed E-state index contributed by atoms with van der Waals surface area (Å²) in [6.45, 7) is 8.25. The van der Waals surface area contributed by atoms with Crippen molar-refractivity contribution in [2.75, 3.05) is 26.2 Å². The van der Waals surface area contributed by atoms with Gasteiger partial charge in [0.15, 0.2) is 0 Å². The molecule has 5 rings (SSSR count). The lowest BCUT2D eigenvalue weighted by Crippen LogP contribution is -2.50. The van der Waals surface area contributed by atoms with E-state index in [2.05, 4.69) is 51.9 Å². The number of benzene rings is 2. The molecule has 2 atom stereocenters. The standard InChI is InChI=1S/C28H33N3O3S/c1-18-6-7-23(34-24-14-29-15-24)13-26(18)28(33)30-19(2)20-4-3-5-21(12-20)27-9-8-25(35-27)17-31-11-10-22(32)16-31/h3-9,12-13,19,22,24,29,32H,10-11,14-17H2,1-2H3,(H,30,33)/t19-,22-/m1/s1. The van der Waals surface area contributed by atoms with Crippen LogP contribution in [0.4, 0.5) is 0 Å². The van der Waals surface area contributed by atoms with Crippen molar-refractivity contribution in [3.05, 3.63) is 76.2 Å². The molecule has 0 aliphatic carbocycles. The highest BCUT2D eigenvalue weighted by Gasteiger charge is 2.22. The summed E-state index contributed by atoms with van der Waals surface area (Å²) in [5.41, 5.74) is 3.80. The van der Waals surface area contributed by atoms with Gasteiger partial charge in [-0.25, -0.2) is 0 Å². The Kier molecular flexibility index (Phi) is 7.20. The van der Waals surface area contributed by atoms with Crippen molar-refractivity contribution in [1.82, 2.24) is 15.5 Å². The molecule has 3 N–H and O–H groups in total. The zero-order valence-corrected chi connectivity index (χ0v) is 21.1. The van der Waals surface area contributed by atoms with Crippen LogP contribution in [0.25, 0.3) is 10.4 Å². The van der Waals surface area contributed by atoms with Crippen LogP contribution >= 0.6 is 11.3 Å². The van der Waals surface area contributed by atoms with Crippen LogP contribution in [-0.4, -0.2) is 54.3 Å². The number of ether oxygens (including phenoxy) is 1. The van der Waals surface area contributed by atoms with Gasteiger partial charge in [0.2, 0.25) is 0 Å². The average molecular weight is 492 g/mol. The highest BCUT2D eigenvalue weighted by atomic mass is 32.1. The molecule has 3 heterocycles. The molecule has 0 unspecified atom stereocenters. The Hall–Kier alpha value is -2.71. The highest BCUT2D eigenvalue weighted by molar-refractivity contribution is 7.15. The summed E-state index contributed by atoms with van der Waals surface area (Å²) in [7, 11) is 0. The van der Waals surface area contributed by atoms with E-state index >= 15 is 0 Å². The minimum absolute atomic E-state index is 0.0937. The van der Waals surface area contributed by atoms with Crippen LogP contribution in [0.1, 0.15) is 45.7 Å². The summed E-state index contributed by atoms with van der Waals surface area (Å²) >= 11 is 1.79. The van der Waals surface area contributed by atoms with Crippen LogP contribution < -0.4 is 15.4 Å². The van der Waals surface area contributed by atoms with Crippen LogP contribution in [0.15, 0.2) is 54.6 Å². The van der Waals surface area contributed by atoms with Gasteiger partial charge in [-0.3, -0.25) is 9.69 Å². The van der Waals surface area contributed by atoms with Crippen molar-refractivity contribution >= 4 is 17.2 Å². The molecule has 2 fully saturated rings. The third-order valence-corrected chi connectivity index (χ3v) is 7.93. The minimum Gasteiger partial charge on any atom is -0.488 e. The van der Waals surface area contributed by atoms with Gasteiger partial charge in [-0.15, -0.1) is 11.3 Å². The van der Waals surface area contributed by atoms with E-state index < -0.39 is 0 Å². The molecule has 2 aliphatic rings. The first-order valence-electron chi connectivity index (χ1n) is 12.3. The number of β-amino-alcohol motifs (C(OH)–C–C–N with tert-alkyl or cyclic N) is 1. The van der Waals surface area contributed by atoms with Crippen molar-refractivity contribution in [2.24, 2.45) is 0 Å². The maximum atomic E-state index is 13.1. The lowest BCUT2D eigenvalue weighted by Gasteiger charge is -2.28. The Balaban J connectivity index is 1.25. The topological polar surface area (TPSA) is 73.8 Å². The van der Waals surface area contributed by atoms with E-state index in [1.807, 2.05) is 32.0 Å². The van der Waals surface area contributed by atoms with Crippen molar-refractivity contribution in [3.8, 4) is 16.2 Å². The van der Waals surface area contributed by atoms with E-state index in [-0.39, 0.29) is 24.2 Å². The first kappa shape index (κ1) is 24.0. The number of amides is 1. The molecular weight excluding hydrogens is 458 g/mol. The second kappa shape index (κ2) is 10.5. The van der Waals surface area contributed by atoms with Gasteiger partial charge in [0.25, 0.3) is 5.91 Å². The summed E-state index contributed by atoms with van der Waals surface area (Å²) in [5.74, 6) is 0.641. The van der Waals surface area contributed by atoms with Gasteiger partial charge in [-0.1, -0.05) is 24.3 Å². The molecule has 2 aromatic carbocycles. The van der Waals surface area contributed by atoms with Crippen LogP contribution in [0.3, 0.4) is 0 Å². The molecule has 0 spiro atoms. The summed E-state index contributed by atoms with van der Waals surface area (Å²) in [4.78, 5) is 17.9. The van der Waals surface area contributed by atoms with E-state index in [0.717, 1.165) is 61.6 Å². The molecule has 1 amide bonds. The first-order valence-corrected chi connectivity index (χ1v) is 13.1.